The molecule has 0 aromatic carbocycles. The van der Waals surface area contributed by atoms with E-state index in [9.17, 15) is 0 Å². The molecule has 13 heavy (non-hydrogen) atoms. The van der Waals surface area contributed by atoms with E-state index in [0.29, 0.717) is 12.3 Å². The molecule has 3 heteroatoms. The monoisotopic (exact) mass is 180 g/mol. The molecule has 0 saturated heterocycles. The van der Waals surface area contributed by atoms with Gasteiger partial charge in [0.2, 0.25) is 0 Å². The molecule has 1 aromatic heterocycles. The predicted octanol–water partition coefficient (Wildman–Crippen LogP) is 1.21. The summed E-state index contributed by atoms with van der Waals surface area (Å²) in [5.74, 6) is 1.34. The van der Waals surface area contributed by atoms with Crippen molar-refractivity contribution in [1.29, 1.82) is 0 Å². The summed E-state index contributed by atoms with van der Waals surface area (Å²) < 4.78 is 0. The van der Waals surface area contributed by atoms with Gasteiger partial charge in [-0.2, -0.15) is 0 Å². The first-order chi connectivity index (χ1) is 6.22. The molecule has 0 amide bonds. The molecule has 0 bridgehead atoms. The Morgan fingerprint density at radius 1 is 1.46 bits per heavy atom. The minimum atomic E-state index is 0.116. The molecule has 0 aliphatic carbocycles. The third kappa shape index (κ3) is 3.51. The van der Waals surface area contributed by atoms with Crippen molar-refractivity contribution < 1.29 is 5.11 Å². The fourth-order valence-electron chi connectivity index (χ4n) is 1.19. The zero-order valence-electron chi connectivity index (χ0n) is 8.20. The molecule has 1 N–H and O–H groups in total. The van der Waals surface area contributed by atoms with Gasteiger partial charge in [0.25, 0.3) is 0 Å². The van der Waals surface area contributed by atoms with Gasteiger partial charge in [-0.05, 0) is 18.4 Å². The number of aliphatic hydroxyl groups excluding tert-OH is 1. The maximum Gasteiger partial charge on any atom is 0.130 e. The minimum Gasteiger partial charge on any atom is -0.396 e. The Morgan fingerprint density at radius 2 is 2.23 bits per heavy atom. The lowest BCUT2D eigenvalue weighted by Crippen LogP contribution is -2.03. The van der Waals surface area contributed by atoms with Crippen molar-refractivity contribution in [2.75, 3.05) is 6.61 Å². The summed E-state index contributed by atoms with van der Waals surface area (Å²) >= 11 is 0. The Kier molecular flexibility index (Phi) is 3.83. The van der Waals surface area contributed by atoms with E-state index in [2.05, 4.69) is 23.8 Å². The molecule has 0 fully saturated rings. The highest BCUT2D eigenvalue weighted by Gasteiger charge is 2.01. The molecule has 0 radical (unpaired) electrons. The van der Waals surface area contributed by atoms with E-state index in [-0.39, 0.29) is 6.61 Å². The van der Waals surface area contributed by atoms with Crippen LogP contribution in [0.4, 0.5) is 0 Å². The van der Waals surface area contributed by atoms with Gasteiger partial charge >= 0.3 is 0 Å². The Bertz CT molecular complexity index is 261. The summed E-state index contributed by atoms with van der Waals surface area (Å²) in [6, 6.07) is 1.93. The molecule has 0 spiro atoms. The van der Waals surface area contributed by atoms with E-state index in [4.69, 9.17) is 5.11 Å². The first kappa shape index (κ1) is 10.1. The van der Waals surface area contributed by atoms with Crippen LogP contribution < -0.4 is 0 Å². The zero-order valence-corrected chi connectivity index (χ0v) is 8.20. The van der Waals surface area contributed by atoms with Gasteiger partial charge in [0.05, 0.1) is 6.61 Å². The van der Waals surface area contributed by atoms with Gasteiger partial charge in [-0.25, -0.2) is 9.97 Å². The Hall–Kier alpha value is -0.960. The standard InChI is InChI=1S/C10H16N2O/c1-8(2)7-9-3-5-11-10(12-9)4-6-13/h3,5,8,13H,4,6-7H2,1-2H3. The van der Waals surface area contributed by atoms with Crippen LogP contribution in [0.5, 0.6) is 0 Å². The smallest absolute Gasteiger partial charge is 0.130 e. The lowest BCUT2D eigenvalue weighted by Gasteiger charge is -2.04. The van der Waals surface area contributed by atoms with Gasteiger partial charge in [-0.3, -0.25) is 0 Å². The molecule has 1 heterocycles. The molecular weight excluding hydrogens is 164 g/mol. The van der Waals surface area contributed by atoms with Crippen LogP contribution in [0.3, 0.4) is 0 Å². The molecular formula is C10H16N2O. The molecule has 0 atom stereocenters. The van der Waals surface area contributed by atoms with E-state index in [1.165, 1.54) is 0 Å². The lowest BCUT2D eigenvalue weighted by atomic mass is 10.1. The predicted molar refractivity (Wildman–Crippen MR) is 51.4 cm³/mol. The maximum absolute atomic E-state index is 8.71. The van der Waals surface area contributed by atoms with Crippen LogP contribution in [0.15, 0.2) is 12.3 Å². The minimum absolute atomic E-state index is 0.116. The van der Waals surface area contributed by atoms with E-state index >= 15 is 0 Å². The second-order valence-corrected chi connectivity index (χ2v) is 3.54. The van der Waals surface area contributed by atoms with Crippen LogP contribution in [0, 0.1) is 5.92 Å². The van der Waals surface area contributed by atoms with Gasteiger partial charge in [0.1, 0.15) is 5.82 Å². The van der Waals surface area contributed by atoms with Crippen LogP contribution in [-0.4, -0.2) is 21.7 Å². The average Bonchev–Trinajstić information content (AvgIpc) is 2.04. The molecule has 0 aliphatic rings. The highest BCUT2D eigenvalue weighted by molar-refractivity contribution is 5.03. The number of hydrogen-bond acceptors (Lipinski definition) is 3. The number of aromatic nitrogens is 2. The third-order valence-electron chi connectivity index (χ3n) is 1.72. The van der Waals surface area contributed by atoms with E-state index < -0.39 is 0 Å². The van der Waals surface area contributed by atoms with E-state index in [1.807, 2.05) is 6.07 Å². The van der Waals surface area contributed by atoms with E-state index in [0.717, 1.165) is 17.9 Å². The maximum atomic E-state index is 8.71. The normalized spacial score (nSPS) is 10.8. The van der Waals surface area contributed by atoms with E-state index in [1.54, 1.807) is 6.20 Å². The molecule has 1 aromatic rings. The van der Waals surface area contributed by atoms with Gasteiger partial charge in [-0.1, -0.05) is 13.8 Å². The van der Waals surface area contributed by atoms with Crippen molar-refractivity contribution >= 4 is 0 Å². The number of hydrogen-bond donors (Lipinski definition) is 1. The number of aliphatic hydroxyl groups is 1. The Morgan fingerprint density at radius 3 is 2.85 bits per heavy atom. The summed E-state index contributed by atoms with van der Waals surface area (Å²) in [5, 5.41) is 8.71. The van der Waals surface area contributed by atoms with Gasteiger partial charge < -0.3 is 5.11 Å². The van der Waals surface area contributed by atoms with Gasteiger partial charge in [0.15, 0.2) is 0 Å². The molecule has 1 rings (SSSR count). The zero-order chi connectivity index (χ0) is 9.68. The van der Waals surface area contributed by atoms with Crippen LogP contribution in [0.1, 0.15) is 25.4 Å². The summed E-state index contributed by atoms with van der Waals surface area (Å²) in [5.41, 5.74) is 1.06. The topological polar surface area (TPSA) is 46.0 Å². The van der Waals surface area contributed by atoms with Crippen LogP contribution in [0.2, 0.25) is 0 Å². The van der Waals surface area contributed by atoms with Crippen molar-refractivity contribution in [1.82, 2.24) is 9.97 Å². The third-order valence-corrected chi connectivity index (χ3v) is 1.72. The Balaban J connectivity index is 2.67. The summed E-state index contributed by atoms with van der Waals surface area (Å²) in [6.07, 6.45) is 3.28. The fourth-order valence-corrected chi connectivity index (χ4v) is 1.19. The van der Waals surface area contributed by atoms with Crippen molar-refractivity contribution in [3.05, 3.63) is 23.8 Å². The highest BCUT2D eigenvalue weighted by Crippen LogP contribution is 2.04. The largest absolute Gasteiger partial charge is 0.396 e. The summed E-state index contributed by atoms with van der Waals surface area (Å²) in [4.78, 5) is 8.40. The first-order valence-electron chi connectivity index (χ1n) is 4.64. The number of nitrogens with zero attached hydrogens (tertiary/aromatic N) is 2. The highest BCUT2D eigenvalue weighted by atomic mass is 16.3. The Labute approximate surface area is 78.9 Å². The SMILES string of the molecule is CC(C)Cc1ccnc(CCO)n1. The summed E-state index contributed by atoms with van der Waals surface area (Å²) in [6.45, 7) is 4.44. The lowest BCUT2D eigenvalue weighted by molar-refractivity contribution is 0.296. The molecule has 0 unspecified atom stereocenters. The average molecular weight is 180 g/mol. The van der Waals surface area contributed by atoms with Crippen molar-refractivity contribution in [3.8, 4) is 0 Å². The van der Waals surface area contributed by atoms with Crippen LogP contribution in [-0.2, 0) is 12.8 Å². The van der Waals surface area contributed by atoms with Crippen LogP contribution in [0.25, 0.3) is 0 Å². The van der Waals surface area contributed by atoms with Crippen molar-refractivity contribution in [2.45, 2.75) is 26.7 Å². The summed E-state index contributed by atoms with van der Waals surface area (Å²) in [7, 11) is 0. The second kappa shape index (κ2) is 4.92. The number of rotatable bonds is 4. The molecule has 72 valence electrons. The molecule has 0 saturated carbocycles. The quantitative estimate of drug-likeness (QED) is 0.757. The van der Waals surface area contributed by atoms with Crippen molar-refractivity contribution in [2.24, 2.45) is 5.92 Å². The molecule has 3 nitrogen and oxygen atoms in total. The fraction of sp³-hybridized carbons (Fsp3) is 0.600. The van der Waals surface area contributed by atoms with Crippen molar-refractivity contribution in [3.63, 3.8) is 0 Å². The second-order valence-electron chi connectivity index (χ2n) is 3.54. The first-order valence-corrected chi connectivity index (χ1v) is 4.64. The van der Waals surface area contributed by atoms with Gasteiger partial charge in [0, 0.05) is 18.3 Å². The van der Waals surface area contributed by atoms with Gasteiger partial charge in [-0.15, -0.1) is 0 Å². The van der Waals surface area contributed by atoms with Crippen LogP contribution >= 0.6 is 0 Å². The molecule has 0 aliphatic heterocycles.